The standard InChI is InChI=1S/C15H24ClN5O2/c1-21(13-8-7-12(16)18-19-13)20-15(23)14(22)11(17)9-10-5-3-2-4-6-10/h7-8,10-11,14,22H,2-6,9,17H2,1H3,(H,20,23)/t11-,14?/m1/s1. The first-order valence-corrected chi connectivity index (χ1v) is 8.32. The molecular formula is C15H24ClN5O2. The summed E-state index contributed by atoms with van der Waals surface area (Å²) < 4.78 is 0. The second-order valence-corrected chi connectivity index (χ2v) is 6.49. The number of hydrogen-bond acceptors (Lipinski definition) is 6. The average molecular weight is 342 g/mol. The minimum absolute atomic E-state index is 0.267. The SMILES string of the molecule is CN(NC(=O)C(O)[C@H](N)CC1CCCCC1)c1ccc(Cl)nn1. The van der Waals surface area contributed by atoms with Gasteiger partial charge >= 0.3 is 0 Å². The molecule has 0 bridgehead atoms. The number of nitrogens with two attached hydrogens (primary N) is 1. The number of amides is 1. The molecule has 1 amide bonds. The lowest BCUT2D eigenvalue weighted by Crippen LogP contribution is -2.52. The second-order valence-electron chi connectivity index (χ2n) is 6.10. The van der Waals surface area contributed by atoms with Crippen molar-refractivity contribution in [2.75, 3.05) is 12.1 Å². The molecule has 1 aliphatic carbocycles. The van der Waals surface area contributed by atoms with Crippen molar-refractivity contribution < 1.29 is 9.90 Å². The molecule has 0 aliphatic heterocycles. The Balaban J connectivity index is 1.84. The van der Waals surface area contributed by atoms with Crippen molar-refractivity contribution in [3.63, 3.8) is 0 Å². The van der Waals surface area contributed by atoms with Gasteiger partial charge in [0.25, 0.3) is 5.91 Å². The van der Waals surface area contributed by atoms with Crippen LogP contribution in [-0.4, -0.2) is 40.4 Å². The normalized spacial score (nSPS) is 18.3. The van der Waals surface area contributed by atoms with Gasteiger partial charge in [-0.25, -0.2) is 0 Å². The van der Waals surface area contributed by atoms with Crippen molar-refractivity contribution in [1.29, 1.82) is 0 Å². The summed E-state index contributed by atoms with van der Waals surface area (Å²) in [6.07, 6.45) is 5.35. The van der Waals surface area contributed by atoms with Gasteiger partial charge in [0.15, 0.2) is 11.0 Å². The second kappa shape index (κ2) is 8.42. The van der Waals surface area contributed by atoms with Crippen LogP contribution in [0.2, 0.25) is 5.15 Å². The lowest BCUT2D eigenvalue weighted by atomic mass is 9.84. The predicted octanol–water partition coefficient (Wildman–Crippen LogP) is 1.26. The zero-order valence-corrected chi connectivity index (χ0v) is 14.0. The summed E-state index contributed by atoms with van der Waals surface area (Å²) in [4.78, 5) is 12.1. The monoisotopic (exact) mass is 341 g/mol. The summed E-state index contributed by atoms with van der Waals surface area (Å²) in [6, 6.07) is 2.62. The fourth-order valence-corrected chi connectivity index (χ4v) is 3.01. The third-order valence-electron chi connectivity index (χ3n) is 4.24. The molecule has 0 aromatic carbocycles. The average Bonchev–Trinajstić information content (AvgIpc) is 2.55. The molecule has 4 N–H and O–H groups in total. The minimum atomic E-state index is -1.25. The smallest absolute Gasteiger partial charge is 0.268 e. The molecule has 0 saturated heterocycles. The lowest BCUT2D eigenvalue weighted by molar-refractivity contribution is -0.130. The molecule has 1 aromatic rings. The van der Waals surface area contributed by atoms with Gasteiger partial charge in [0, 0.05) is 13.1 Å². The molecule has 1 fully saturated rings. The number of hydrazine groups is 1. The van der Waals surface area contributed by atoms with E-state index in [1.165, 1.54) is 24.3 Å². The van der Waals surface area contributed by atoms with Crippen LogP contribution in [0.4, 0.5) is 5.82 Å². The largest absolute Gasteiger partial charge is 0.382 e. The fraction of sp³-hybridized carbons (Fsp3) is 0.667. The number of halogens is 1. The molecule has 1 aliphatic rings. The van der Waals surface area contributed by atoms with Gasteiger partial charge < -0.3 is 10.8 Å². The van der Waals surface area contributed by atoms with Gasteiger partial charge in [0.1, 0.15) is 6.10 Å². The molecule has 1 saturated carbocycles. The van der Waals surface area contributed by atoms with E-state index in [-0.39, 0.29) is 5.15 Å². The van der Waals surface area contributed by atoms with Crippen molar-refractivity contribution >= 4 is 23.3 Å². The van der Waals surface area contributed by atoms with Crippen LogP contribution < -0.4 is 16.2 Å². The zero-order valence-electron chi connectivity index (χ0n) is 13.3. The summed E-state index contributed by atoms with van der Waals surface area (Å²) in [5.74, 6) is 0.365. The number of carbonyl (C=O) groups is 1. The van der Waals surface area contributed by atoms with Crippen LogP contribution in [0.5, 0.6) is 0 Å². The minimum Gasteiger partial charge on any atom is -0.382 e. The van der Waals surface area contributed by atoms with E-state index in [4.69, 9.17) is 17.3 Å². The number of carbonyl (C=O) groups excluding carboxylic acids is 1. The molecular weight excluding hydrogens is 318 g/mol. The number of aromatic nitrogens is 2. The van der Waals surface area contributed by atoms with E-state index >= 15 is 0 Å². The quantitative estimate of drug-likeness (QED) is 0.673. The Morgan fingerprint density at radius 1 is 1.43 bits per heavy atom. The number of nitrogens with zero attached hydrogens (tertiary/aromatic N) is 3. The van der Waals surface area contributed by atoms with Crippen molar-refractivity contribution in [2.24, 2.45) is 11.7 Å². The van der Waals surface area contributed by atoms with Gasteiger partial charge in [-0.15, -0.1) is 10.2 Å². The van der Waals surface area contributed by atoms with Crippen LogP contribution >= 0.6 is 11.6 Å². The highest BCUT2D eigenvalue weighted by Gasteiger charge is 2.27. The van der Waals surface area contributed by atoms with Crippen LogP contribution in [-0.2, 0) is 4.79 Å². The Morgan fingerprint density at radius 2 is 2.13 bits per heavy atom. The maximum Gasteiger partial charge on any atom is 0.268 e. The van der Waals surface area contributed by atoms with E-state index < -0.39 is 18.1 Å². The molecule has 1 unspecified atom stereocenters. The number of aliphatic hydroxyl groups is 1. The lowest BCUT2D eigenvalue weighted by Gasteiger charge is -2.27. The Labute approximate surface area is 141 Å². The summed E-state index contributed by atoms with van der Waals surface area (Å²) in [6.45, 7) is 0. The van der Waals surface area contributed by atoms with E-state index in [0.29, 0.717) is 18.2 Å². The first-order valence-electron chi connectivity index (χ1n) is 7.94. The molecule has 1 heterocycles. The van der Waals surface area contributed by atoms with E-state index in [9.17, 15) is 9.90 Å². The van der Waals surface area contributed by atoms with Gasteiger partial charge in [-0.05, 0) is 24.5 Å². The van der Waals surface area contributed by atoms with Crippen LogP contribution in [0.1, 0.15) is 38.5 Å². The van der Waals surface area contributed by atoms with Gasteiger partial charge in [0.2, 0.25) is 0 Å². The molecule has 8 heteroatoms. The fourth-order valence-electron chi connectivity index (χ4n) is 2.91. The maximum atomic E-state index is 12.1. The predicted molar refractivity (Wildman–Crippen MR) is 88.8 cm³/mol. The summed E-state index contributed by atoms with van der Waals surface area (Å²) in [5, 5.41) is 19.3. The maximum absolute atomic E-state index is 12.1. The van der Waals surface area contributed by atoms with Crippen LogP contribution in [0.15, 0.2) is 12.1 Å². The van der Waals surface area contributed by atoms with Crippen molar-refractivity contribution in [1.82, 2.24) is 15.6 Å². The Morgan fingerprint density at radius 3 is 2.74 bits per heavy atom. The van der Waals surface area contributed by atoms with E-state index in [0.717, 1.165) is 12.8 Å². The Hall–Kier alpha value is -1.44. The van der Waals surface area contributed by atoms with Crippen LogP contribution in [0.25, 0.3) is 0 Å². The molecule has 23 heavy (non-hydrogen) atoms. The zero-order chi connectivity index (χ0) is 16.8. The number of aliphatic hydroxyl groups excluding tert-OH is 1. The number of anilines is 1. The molecule has 128 valence electrons. The topological polar surface area (TPSA) is 104 Å². The highest BCUT2D eigenvalue weighted by atomic mass is 35.5. The van der Waals surface area contributed by atoms with Crippen LogP contribution in [0.3, 0.4) is 0 Å². The van der Waals surface area contributed by atoms with Gasteiger partial charge in [-0.3, -0.25) is 15.2 Å². The van der Waals surface area contributed by atoms with Crippen molar-refractivity contribution in [2.45, 2.75) is 50.7 Å². The molecule has 1 aromatic heterocycles. The highest BCUT2D eigenvalue weighted by Crippen LogP contribution is 2.27. The number of nitrogens with one attached hydrogen (secondary N) is 1. The molecule has 2 rings (SSSR count). The summed E-state index contributed by atoms with van der Waals surface area (Å²) in [5.41, 5.74) is 8.56. The molecule has 2 atom stereocenters. The first kappa shape index (κ1) is 17.9. The molecule has 0 spiro atoms. The Kier molecular flexibility index (Phi) is 6.56. The number of rotatable bonds is 6. The molecule has 0 radical (unpaired) electrons. The Bertz CT molecular complexity index is 507. The molecule has 7 nitrogen and oxygen atoms in total. The van der Waals surface area contributed by atoms with E-state index in [2.05, 4.69) is 15.6 Å². The third-order valence-corrected chi connectivity index (χ3v) is 4.45. The first-order chi connectivity index (χ1) is 11.0. The summed E-state index contributed by atoms with van der Waals surface area (Å²) >= 11 is 5.67. The van der Waals surface area contributed by atoms with Gasteiger partial charge in [0.05, 0.1) is 0 Å². The van der Waals surface area contributed by atoms with Gasteiger partial charge in [-0.1, -0.05) is 43.7 Å². The van der Waals surface area contributed by atoms with E-state index in [1.54, 1.807) is 19.2 Å². The van der Waals surface area contributed by atoms with Gasteiger partial charge in [-0.2, -0.15) is 0 Å². The summed E-state index contributed by atoms with van der Waals surface area (Å²) in [7, 11) is 1.61. The third kappa shape index (κ3) is 5.30. The highest BCUT2D eigenvalue weighted by molar-refractivity contribution is 6.29. The van der Waals surface area contributed by atoms with Crippen molar-refractivity contribution in [3.05, 3.63) is 17.3 Å². The van der Waals surface area contributed by atoms with Crippen LogP contribution in [0, 0.1) is 5.92 Å². The van der Waals surface area contributed by atoms with Crippen molar-refractivity contribution in [3.8, 4) is 0 Å². The number of hydrogen-bond donors (Lipinski definition) is 3. The van der Waals surface area contributed by atoms with E-state index in [1.807, 2.05) is 0 Å².